The number of morpholine rings is 1. The van der Waals surface area contributed by atoms with Crippen molar-refractivity contribution >= 4 is 0 Å². The van der Waals surface area contributed by atoms with Crippen LogP contribution in [-0.2, 0) is 4.74 Å². The fraction of sp³-hybridized carbons (Fsp3) is 1.00. The third-order valence-corrected chi connectivity index (χ3v) is 3.24. The quantitative estimate of drug-likeness (QED) is 0.614. The lowest BCUT2D eigenvalue weighted by atomic mass is 10.1. The standard InChI is InChI=1S/C13H27NO2/c15-11-7-5-3-1-2-4-6-8-14-9-12-16-13-10-14/h15H,1-13H2. The summed E-state index contributed by atoms with van der Waals surface area (Å²) in [5.41, 5.74) is 0. The molecule has 16 heavy (non-hydrogen) atoms. The third-order valence-electron chi connectivity index (χ3n) is 3.24. The Morgan fingerprint density at radius 1 is 0.812 bits per heavy atom. The summed E-state index contributed by atoms with van der Waals surface area (Å²) in [4.78, 5) is 2.51. The van der Waals surface area contributed by atoms with Gasteiger partial charge in [0.15, 0.2) is 0 Å². The first-order valence-electron chi connectivity index (χ1n) is 6.84. The normalized spacial score (nSPS) is 17.8. The Kier molecular flexibility index (Phi) is 8.77. The van der Waals surface area contributed by atoms with Crippen molar-refractivity contribution in [3.8, 4) is 0 Å². The maximum atomic E-state index is 8.64. The number of hydrogen-bond acceptors (Lipinski definition) is 3. The van der Waals surface area contributed by atoms with E-state index in [1.807, 2.05) is 0 Å². The number of aliphatic hydroxyl groups excluding tert-OH is 1. The summed E-state index contributed by atoms with van der Waals surface area (Å²) in [7, 11) is 0. The molecular weight excluding hydrogens is 202 g/mol. The molecule has 1 fully saturated rings. The van der Waals surface area contributed by atoms with E-state index in [1.54, 1.807) is 0 Å². The van der Waals surface area contributed by atoms with E-state index in [0.717, 1.165) is 32.7 Å². The van der Waals surface area contributed by atoms with Crippen LogP contribution in [0.4, 0.5) is 0 Å². The predicted molar refractivity (Wildman–Crippen MR) is 66.7 cm³/mol. The van der Waals surface area contributed by atoms with Crippen molar-refractivity contribution in [2.45, 2.75) is 44.9 Å². The molecule has 0 aromatic heterocycles. The van der Waals surface area contributed by atoms with Crippen LogP contribution in [0.25, 0.3) is 0 Å². The van der Waals surface area contributed by atoms with E-state index in [2.05, 4.69) is 4.90 Å². The van der Waals surface area contributed by atoms with E-state index in [4.69, 9.17) is 9.84 Å². The Bertz CT molecular complexity index is 147. The van der Waals surface area contributed by atoms with Gasteiger partial charge in [-0.15, -0.1) is 0 Å². The van der Waals surface area contributed by atoms with Crippen molar-refractivity contribution in [2.75, 3.05) is 39.5 Å². The molecule has 1 saturated heterocycles. The number of aliphatic hydroxyl groups is 1. The molecule has 0 bridgehead atoms. The molecule has 1 aliphatic heterocycles. The van der Waals surface area contributed by atoms with E-state index in [9.17, 15) is 0 Å². The molecule has 0 spiro atoms. The van der Waals surface area contributed by atoms with Gasteiger partial charge in [-0.1, -0.05) is 32.1 Å². The molecule has 1 heterocycles. The summed E-state index contributed by atoms with van der Waals surface area (Å²) < 4.78 is 5.32. The Balaban J connectivity index is 1.77. The first-order valence-corrected chi connectivity index (χ1v) is 6.84. The van der Waals surface area contributed by atoms with Crippen molar-refractivity contribution in [3.05, 3.63) is 0 Å². The van der Waals surface area contributed by atoms with Crippen LogP contribution in [0.2, 0.25) is 0 Å². The molecule has 0 radical (unpaired) electrons. The minimum absolute atomic E-state index is 0.358. The molecule has 0 aromatic rings. The third kappa shape index (κ3) is 7.20. The molecule has 3 nitrogen and oxygen atoms in total. The molecular formula is C13H27NO2. The van der Waals surface area contributed by atoms with E-state index >= 15 is 0 Å². The van der Waals surface area contributed by atoms with E-state index < -0.39 is 0 Å². The highest BCUT2D eigenvalue weighted by atomic mass is 16.5. The molecule has 0 saturated carbocycles. The van der Waals surface area contributed by atoms with Crippen LogP contribution >= 0.6 is 0 Å². The number of rotatable bonds is 9. The minimum atomic E-state index is 0.358. The lowest BCUT2D eigenvalue weighted by molar-refractivity contribution is 0.0371. The predicted octanol–water partition coefficient (Wildman–Crippen LogP) is 2.04. The van der Waals surface area contributed by atoms with Gasteiger partial charge >= 0.3 is 0 Å². The minimum Gasteiger partial charge on any atom is -0.396 e. The van der Waals surface area contributed by atoms with Gasteiger partial charge in [-0.2, -0.15) is 0 Å². The topological polar surface area (TPSA) is 32.7 Å². The second kappa shape index (κ2) is 10.1. The maximum absolute atomic E-state index is 8.64. The van der Waals surface area contributed by atoms with Crippen LogP contribution in [0, 0.1) is 0 Å². The Labute approximate surface area is 99.8 Å². The summed E-state index contributed by atoms with van der Waals surface area (Å²) in [6, 6.07) is 0. The molecule has 1 aliphatic rings. The van der Waals surface area contributed by atoms with Gasteiger partial charge in [0.05, 0.1) is 13.2 Å². The molecule has 0 atom stereocenters. The molecule has 0 unspecified atom stereocenters. The molecule has 1 rings (SSSR count). The molecule has 1 N–H and O–H groups in total. The van der Waals surface area contributed by atoms with Gasteiger partial charge in [-0.3, -0.25) is 4.90 Å². The first-order chi connectivity index (χ1) is 7.93. The molecule has 3 heteroatoms. The largest absolute Gasteiger partial charge is 0.396 e. The summed E-state index contributed by atoms with van der Waals surface area (Å²) in [6.45, 7) is 5.69. The number of ether oxygens (including phenoxy) is 1. The first kappa shape index (κ1) is 13.9. The van der Waals surface area contributed by atoms with Crippen molar-refractivity contribution < 1.29 is 9.84 Å². The fourth-order valence-electron chi connectivity index (χ4n) is 2.16. The maximum Gasteiger partial charge on any atom is 0.0594 e. The van der Waals surface area contributed by atoms with Crippen LogP contribution in [0.3, 0.4) is 0 Å². The van der Waals surface area contributed by atoms with Gasteiger partial charge in [-0.25, -0.2) is 0 Å². The highest BCUT2D eigenvalue weighted by molar-refractivity contribution is 4.61. The van der Waals surface area contributed by atoms with E-state index in [1.165, 1.54) is 45.1 Å². The second-order valence-corrected chi connectivity index (χ2v) is 4.65. The number of nitrogens with zero attached hydrogens (tertiary/aromatic N) is 1. The number of hydrogen-bond donors (Lipinski definition) is 1. The molecule has 0 aromatic carbocycles. The van der Waals surface area contributed by atoms with Crippen LogP contribution < -0.4 is 0 Å². The molecule has 0 amide bonds. The highest BCUT2D eigenvalue weighted by Crippen LogP contribution is 2.08. The Morgan fingerprint density at radius 2 is 1.38 bits per heavy atom. The highest BCUT2D eigenvalue weighted by Gasteiger charge is 2.08. The Hall–Kier alpha value is -0.120. The van der Waals surface area contributed by atoms with Crippen molar-refractivity contribution in [1.29, 1.82) is 0 Å². The smallest absolute Gasteiger partial charge is 0.0594 e. The van der Waals surface area contributed by atoms with Crippen molar-refractivity contribution in [3.63, 3.8) is 0 Å². The van der Waals surface area contributed by atoms with Gasteiger partial charge in [0.25, 0.3) is 0 Å². The second-order valence-electron chi connectivity index (χ2n) is 4.65. The zero-order valence-corrected chi connectivity index (χ0v) is 10.5. The average molecular weight is 229 g/mol. The zero-order chi connectivity index (χ0) is 11.5. The SMILES string of the molecule is OCCCCCCCCCN1CCOCC1. The molecule has 96 valence electrons. The summed E-state index contributed by atoms with van der Waals surface area (Å²) >= 11 is 0. The number of unbranched alkanes of at least 4 members (excludes halogenated alkanes) is 6. The van der Waals surface area contributed by atoms with E-state index in [0.29, 0.717) is 6.61 Å². The average Bonchev–Trinajstić information content (AvgIpc) is 2.34. The lowest BCUT2D eigenvalue weighted by Crippen LogP contribution is -2.36. The fourth-order valence-corrected chi connectivity index (χ4v) is 2.16. The van der Waals surface area contributed by atoms with Crippen LogP contribution in [0.5, 0.6) is 0 Å². The summed E-state index contributed by atoms with van der Waals surface area (Å²) in [6.07, 6.45) is 8.85. The van der Waals surface area contributed by atoms with Gasteiger partial charge < -0.3 is 9.84 Å². The lowest BCUT2D eigenvalue weighted by Gasteiger charge is -2.26. The summed E-state index contributed by atoms with van der Waals surface area (Å²) in [5.74, 6) is 0. The van der Waals surface area contributed by atoms with Crippen LogP contribution in [-0.4, -0.2) is 49.5 Å². The Morgan fingerprint density at radius 3 is 2.00 bits per heavy atom. The van der Waals surface area contributed by atoms with E-state index in [-0.39, 0.29) is 0 Å². The van der Waals surface area contributed by atoms with Crippen molar-refractivity contribution in [2.24, 2.45) is 0 Å². The zero-order valence-electron chi connectivity index (χ0n) is 10.5. The van der Waals surface area contributed by atoms with Crippen LogP contribution in [0.15, 0.2) is 0 Å². The van der Waals surface area contributed by atoms with Gasteiger partial charge in [0.2, 0.25) is 0 Å². The van der Waals surface area contributed by atoms with Gasteiger partial charge in [0.1, 0.15) is 0 Å². The van der Waals surface area contributed by atoms with Gasteiger partial charge in [0, 0.05) is 19.7 Å². The molecule has 0 aliphatic carbocycles. The monoisotopic (exact) mass is 229 g/mol. The summed E-state index contributed by atoms with van der Waals surface area (Å²) in [5, 5.41) is 8.64. The van der Waals surface area contributed by atoms with Crippen molar-refractivity contribution in [1.82, 2.24) is 4.90 Å². The van der Waals surface area contributed by atoms with Crippen LogP contribution in [0.1, 0.15) is 44.9 Å². The van der Waals surface area contributed by atoms with Gasteiger partial charge in [-0.05, 0) is 19.4 Å².